The molecule has 0 unspecified atom stereocenters. The van der Waals surface area contributed by atoms with E-state index < -0.39 is 0 Å². The normalized spacial score (nSPS) is 18.2. The number of hydrogen-bond acceptors (Lipinski definition) is 4. The van der Waals surface area contributed by atoms with Gasteiger partial charge in [-0.2, -0.15) is 0 Å². The van der Waals surface area contributed by atoms with Crippen molar-refractivity contribution in [1.29, 1.82) is 0 Å². The Hall–Kier alpha value is -2.11. The van der Waals surface area contributed by atoms with Crippen LogP contribution in [0, 0.1) is 0 Å². The lowest BCUT2D eigenvalue weighted by Crippen LogP contribution is -2.41. The van der Waals surface area contributed by atoms with E-state index in [1.54, 1.807) is 6.07 Å². The molecule has 0 N–H and O–H groups in total. The Morgan fingerprint density at radius 3 is 2.08 bits per heavy atom. The first-order valence-electron chi connectivity index (χ1n) is 8.42. The molecule has 3 rings (SSSR count). The number of ether oxygens (including phenoxy) is 1. The van der Waals surface area contributed by atoms with Gasteiger partial charge in [0.05, 0.1) is 11.2 Å². The molecule has 2 aromatic carbocycles. The molecule has 5 heteroatoms. The molecule has 25 heavy (non-hydrogen) atoms. The van der Waals surface area contributed by atoms with E-state index in [2.05, 4.69) is 0 Å². The average molecular weight is 338 g/mol. The summed E-state index contributed by atoms with van der Waals surface area (Å²) in [5, 5.41) is 0. The lowest BCUT2D eigenvalue weighted by atomic mass is 9.78. The first kappa shape index (κ1) is 17.7. The number of carbonyl (C=O) groups excluding carboxylic acids is 1. The van der Waals surface area contributed by atoms with Crippen LogP contribution < -0.4 is 10.2 Å². The maximum absolute atomic E-state index is 11.1. The highest BCUT2D eigenvalue weighted by Gasteiger charge is 2.51. The molecular formula is C20H23BO4. The zero-order chi connectivity index (χ0) is 18.2. The van der Waals surface area contributed by atoms with Crippen molar-refractivity contribution in [3.05, 3.63) is 48.5 Å². The van der Waals surface area contributed by atoms with Gasteiger partial charge >= 0.3 is 13.1 Å². The summed E-state index contributed by atoms with van der Waals surface area (Å²) >= 11 is 0. The molecule has 4 nitrogen and oxygen atoms in total. The Labute approximate surface area is 149 Å². The van der Waals surface area contributed by atoms with Crippen molar-refractivity contribution in [2.24, 2.45) is 0 Å². The van der Waals surface area contributed by atoms with Gasteiger partial charge in [-0.15, -0.1) is 0 Å². The number of hydrogen-bond donors (Lipinski definition) is 0. The van der Waals surface area contributed by atoms with Crippen LogP contribution in [-0.4, -0.2) is 24.3 Å². The number of carbonyl (C=O) groups is 1. The fraction of sp³-hybridized carbons (Fsp3) is 0.350. The topological polar surface area (TPSA) is 44.8 Å². The van der Waals surface area contributed by atoms with Crippen LogP contribution in [-0.2, 0) is 14.1 Å². The van der Waals surface area contributed by atoms with Gasteiger partial charge in [-0.25, -0.2) is 0 Å². The highest BCUT2D eigenvalue weighted by atomic mass is 16.7. The summed E-state index contributed by atoms with van der Waals surface area (Å²) in [7, 11) is -0.369. The van der Waals surface area contributed by atoms with Crippen molar-refractivity contribution in [3.8, 4) is 16.9 Å². The van der Waals surface area contributed by atoms with Gasteiger partial charge in [0.2, 0.25) is 0 Å². The maximum atomic E-state index is 11.1. The van der Waals surface area contributed by atoms with Crippen LogP contribution in [0.1, 0.15) is 34.6 Å². The lowest BCUT2D eigenvalue weighted by Gasteiger charge is -2.32. The summed E-state index contributed by atoms with van der Waals surface area (Å²) in [4.78, 5) is 11.1. The average Bonchev–Trinajstić information content (AvgIpc) is 2.75. The third-order valence-corrected chi connectivity index (χ3v) is 4.87. The molecule has 1 fully saturated rings. The fourth-order valence-corrected chi connectivity index (χ4v) is 2.72. The minimum atomic E-state index is -0.369. The third kappa shape index (κ3) is 3.62. The molecule has 0 atom stereocenters. The smallest absolute Gasteiger partial charge is 0.427 e. The van der Waals surface area contributed by atoms with Crippen LogP contribution in [0.5, 0.6) is 5.75 Å². The number of esters is 1. The van der Waals surface area contributed by atoms with Crippen molar-refractivity contribution >= 4 is 18.6 Å². The van der Waals surface area contributed by atoms with Crippen molar-refractivity contribution in [2.45, 2.75) is 45.8 Å². The van der Waals surface area contributed by atoms with Gasteiger partial charge in [0, 0.05) is 6.92 Å². The zero-order valence-electron chi connectivity index (χ0n) is 15.3. The third-order valence-electron chi connectivity index (χ3n) is 4.87. The standard InChI is InChI=1S/C20H23BO4/c1-14(22)23-18-8-6-7-16(13-18)15-9-11-17(12-10-15)21-24-19(2,3)20(4,5)25-21/h6-13H,1-5H3. The molecule has 0 bridgehead atoms. The second-order valence-electron chi connectivity index (χ2n) is 7.33. The van der Waals surface area contributed by atoms with Gasteiger partial charge in [0.1, 0.15) is 5.75 Å². The molecule has 1 heterocycles. The highest BCUT2D eigenvalue weighted by Crippen LogP contribution is 2.36. The highest BCUT2D eigenvalue weighted by molar-refractivity contribution is 6.62. The van der Waals surface area contributed by atoms with Crippen LogP contribution in [0.3, 0.4) is 0 Å². The van der Waals surface area contributed by atoms with E-state index in [0.717, 1.165) is 16.6 Å². The number of benzene rings is 2. The second kappa shape index (κ2) is 6.32. The molecule has 1 saturated heterocycles. The van der Waals surface area contributed by atoms with E-state index in [0.29, 0.717) is 5.75 Å². The molecule has 1 aliphatic heterocycles. The van der Waals surface area contributed by atoms with Gasteiger partial charge < -0.3 is 14.0 Å². The molecule has 0 amide bonds. The molecule has 0 radical (unpaired) electrons. The summed E-state index contributed by atoms with van der Waals surface area (Å²) in [5.74, 6) is 0.216. The summed E-state index contributed by atoms with van der Waals surface area (Å²) in [6, 6.07) is 15.5. The SMILES string of the molecule is CC(=O)Oc1cccc(-c2ccc(B3OC(C)(C)C(C)(C)O3)cc2)c1. The predicted octanol–water partition coefficient (Wildman–Crippen LogP) is 3.58. The summed E-state index contributed by atoms with van der Waals surface area (Å²) in [6.07, 6.45) is 0. The fourth-order valence-electron chi connectivity index (χ4n) is 2.72. The van der Waals surface area contributed by atoms with Crippen molar-refractivity contribution in [3.63, 3.8) is 0 Å². The minimum absolute atomic E-state index is 0.326. The van der Waals surface area contributed by atoms with Crippen LogP contribution in [0.25, 0.3) is 11.1 Å². The quantitative estimate of drug-likeness (QED) is 0.488. The monoisotopic (exact) mass is 338 g/mol. The molecule has 0 aromatic heterocycles. The van der Waals surface area contributed by atoms with Gasteiger partial charge in [0.25, 0.3) is 0 Å². The van der Waals surface area contributed by atoms with E-state index in [1.807, 2.05) is 70.2 Å². The van der Waals surface area contributed by atoms with Crippen molar-refractivity contribution in [2.75, 3.05) is 0 Å². The number of rotatable bonds is 3. The van der Waals surface area contributed by atoms with Gasteiger partial charge in [-0.3, -0.25) is 4.79 Å². The van der Waals surface area contributed by atoms with E-state index in [-0.39, 0.29) is 24.3 Å². The summed E-state index contributed by atoms with van der Waals surface area (Å²) in [5.41, 5.74) is 2.30. The molecule has 0 spiro atoms. The Balaban J connectivity index is 1.81. The van der Waals surface area contributed by atoms with Gasteiger partial charge in [-0.1, -0.05) is 36.4 Å². The molecule has 130 valence electrons. The largest absolute Gasteiger partial charge is 0.494 e. The minimum Gasteiger partial charge on any atom is -0.427 e. The molecular weight excluding hydrogens is 315 g/mol. The van der Waals surface area contributed by atoms with E-state index in [1.165, 1.54) is 6.92 Å². The Morgan fingerprint density at radius 1 is 0.920 bits per heavy atom. The van der Waals surface area contributed by atoms with Crippen LogP contribution in [0.2, 0.25) is 0 Å². The van der Waals surface area contributed by atoms with Crippen LogP contribution >= 0.6 is 0 Å². The second-order valence-corrected chi connectivity index (χ2v) is 7.33. The van der Waals surface area contributed by atoms with Gasteiger partial charge in [0.15, 0.2) is 0 Å². The van der Waals surface area contributed by atoms with Crippen LogP contribution in [0.15, 0.2) is 48.5 Å². The van der Waals surface area contributed by atoms with E-state index in [9.17, 15) is 4.79 Å². The van der Waals surface area contributed by atoms with Gasteiger partial charge in [-0.05, 0) is 56.4 Å². The Bertz CT molecular complexity index is 765. The van der Waals surface area contributed by atoms with E-state index >= 15 is 0 Å². The summed E-state index contributed by atoms with van der Waals surface area (Å²) < 4.78 is 17.3. The molecule has 0 aliphatic carbocycles. The molecule has 1 aliphatic rings. The Morgan fingerprint density at radius 2 is 1.52 bits per heavy atom. The lowest BCUT2D eigenvalue weighted by molar-refractivity contribution is -0.131. The Kier molecular flexibility index (Phi) is 4.48. The molecule has 0 saturated carbocycles. The van der Waals surface area contributed by atoms with Crippen molar-refractivity contribution in [1.82, 2.24) is 0 Å². The van der Waals surface area contributed by atoms with Crippen LogP contribution in [0.4, 0.5) is 0 Å². The van der Waals surface area contributed by atoms with Crippen molar-refractivity contribution < 1.29 is 18.8 Å². The molecule has 2 aromatic rings. The van der Waals surface area contributed by atoms with E-state index in [4.69, 9.17) is 14.0 Å². The first-order chi connectivity index (χ1) is 11.7. The first-order valence-corrected chi connectivity index (χ1v) is 8.42. The zero-order valence-corrected chi connectivity index (χ0v) is 15.3. The maximum Gasteiger partial charge on any atom is 0.494 e. The predicted molar refractivity (Wildman–Crippen MR) is 98.9 cm³/mol. The summed E-state index contributed by atoms with van der Waals surface area (Å²) in [6.45, 7) is 9.57.